The Kier molecular flexibility index (Phi) is 4.39. The number of aliphatic hydroxyl groups is 1. The average Bonchev–Trinajstić information content (AvgIpc) is 2.37. The lowest BCUT2D eigenvalue weighted by molar-refractivity contribution is -0.127. The molecule has 2 rings (SSSR count). The lowest BCUT2D eigenvalue weighted by Crippen LogP contribution is -2.39. The van der Waals surface area contributed by atoms with Gasteiger partial charge in [0.25, 0.3) is 0 Å². The van der Waals surface area contributed by atoms with Crippen LogP contribution in [0.3, 0.4) is 0 Å². The summed E-state index contributed by atoms with van der Waals surface area (Å²) in [4.78, 5) is 13.6. The molecule has 4 heteroatoms. The fraction of sp³-hybridized carbons (Fsp3) is 0.357. The quantitative estimate of drug-likeness (QED) is 0.832. The molecule has 1 saturated heterocycles. The summed E-state index contributed by atoms with van der Waals surface area (Å²) in [5.41, 5.74) is 0.879. The van der Waals surface area contributed by atoms with E-state index >= 15 is 0 Å². The highest BCUT2D eigenvalue weighted by Gasteiger charge is 2.19. The Morgan fingerprint density at radius 3 is 2.89 bits per heavy atom. The van der Waals surface area contributed by atoms with Gasteiger partial charge in [-0.15, -0.1) is 0 Å². The van der Waals surface area contributed by atoms with Crippen LogP contribution in [0.1, 0.15) is 18.4 Å². The van der Waals surface area contributed by atoms with Gasteiger partial charge in [0.05, 0.1) is 6.10 Å². The van der Waals surface area contributed by atoms with Crippen LogP contribution in [0.2, 0.25) is 5.02 Å². The molecule has 1 aliphatic heterocycles. The fourth-order valence-corrected chi connectivity index (χ4v) is 2.11. The minimum Gasteiger partial charge on any atom is -0.393 e. The van der Waals surface area contributed by atoms with Crippen molar-refractivity contribution in [3.8, 4) is 0 Å². The first-order valence-corrected chi connectivity index (χ1v) is 6.35. The summed E-state index contributed by atoms with van der Waals surface area (Å²) < 4.78 is 0. The fourth-order valence-electron chi connectivity index (χ4n) is 1.92. The van der Waals surface area contributed by atoms with Crippen molar-refractivity contribution in [1.29, 1.82) is 0 Å². The molecule has 1 heterocycles. The van der Waals surface area contributed by atoms with E-state index in [1.807, 2.05) is 6.07 Å². The van der Waals surface area contributed by atoms with Crippen LogP contribution in [0, 0.1) is 6.07 Å². The van der Waals surface area contributed by atoms with Crippen LogP contribution in [0.5, 0.6) is 0 Å². The zero-order chi connectivity index (χ0) is 13.0. The van der Waals surface area contributed by atoms with Crippen molar-refractivity contribution in [1.82, 2.24) is 4.90 Å². The number of rotatable bonds is 2. The second kappa shape index (κ2) is 6.03. The highest BCUT2D eigenvalue weighted by atomic mass is 35.5. The van der Waals surface area contributed by atoms with E-state index in [2.05, 4.69) is 6.07 Å². The third-order valence-corrected chi connectivity index (χ3v) is 3.20. The van der Waals surface area contributed by atoms with Gasteiger partial charge < -0.3 is 10.0 Å². The normalized spacial score (nSPS) is 17.3. The highest BCUT2D eigenvalue weighted by Crippen LogP contribution is 2.13. The lowest BCUT2D eigenvalue weighted by atomic mass is 10.1. The van der Waals surface area contributed by atoms with Crippen LogP contribution in [-0.4, -0.2) is 35.1 Å². The van der Waals surface area contributed by atoms with Crippen LogP contribution in [0.25, 0.3) is 6.08 Å². The number of amides is 1. The molecule has 1 aliphatic rings. The first kappa shape index (κ1) is 13.1. The molecular weight excluding hydrogens is 250 g/mol. The molecule has 1 aromatic carbocycles. The maximum Gasteiger partial charge on any atom is 0.246 e. The number of hydrogen-bond acceptors (Lipinski definition) is 2. The largest absolute Gasteiger partial charge is 0.393 e. The van der Waals surface area contributed by atoms with Gasteiger partial charge in [-0.1, -0.05) is 23.7 Å². The topological polar surface area (TPSA) is 40.5 Å². The molecule has 1 N–H and O–H groups in total. The molecule has 0 unspecified atom stereocenters. The Labute approximate surface area is 112 Å². The number of hydrogen-bond donors (Lipinski definition) is 1. The number of likely N-dealkylation sites (tertiary alicyclic amines) is 1. The van der Waals surface area contributed by atoms with E-state index in [0.717, 1.165) is 5.56 Å². The smallest absolute Gasteiger partial charge is 0.246 e. The number of aliphatic hydroxyl groups excluding tert-OH is 1. The highest BCUT2D eigenvalue weighted by molar-refractivity contribution is 6.30. The Hall–Kier alpha value is -1.32. The van der Waals surface area contributed by atoms with Gasteiger partial charge in [0, 0.05) is 30.3 Å². The molecule has 1 amide bonds. The van der Waals surface area contributed by atoms with Gasteiger partial charge in [0.15, 0.2) is 0 Å². The van der Waals surface area contributed by atoms with Crippen LogP contribution in [-0.2, 0) is 4.79 Å². The van der Waals surface area contributed by atoms with Gasteiger partial charge in [0.1, 0.15) is 0 Å². The van der Waals surface area contributed by atoms with E-state index < -0.39 is 0 Å². The maximum atomic E-state index is 11.9. The second-order valence-corrected chi connectivity index (χ2v) is 4.77. The van der Waals surface area contributed by atoms with Crippen LogP contribution >= 0.6 is 11.6 Å². The predicted molar refractivity (Wildman–Crippen MR) is 71.1 cm³/mol. The van der Waals surface area contributed by atoms with Gasteiger partial charge in [-0.3, -0.25) is 4.79 Å². The van der Waals surface area contributed by atoms with E-state index in [4.69, 9.17) is 11.6 Å². The summed E-state index contributed by atoms with van der Waals surface area (Å²) in [5, 5.41) is 9.91. The molecule has 1 aromatic rings. The van der Waals surface area contributed by atoms with Crippen LogP contribution < -0.4 is 0 Å². The van der Waals surface area contributed by atoms with Crippen molar-refractivity contribution in [2.45, 2.75) is 18.9 Å². The molecule has 3 nitrogen and oxygen atoms in total. The summed E-state index contributed by atoms with van der Waals surface area (Å²) in [6, 6.07) is 8.16. The number of carbonyl (C=O) groups is 1. The number of carbonyl (C=O) groups excluding carboxylic acids is 1. The minimum atomic E-state index is -0.263. The van der Waals surface area contributed by atoms with E-state index in [1.54, 1.807) is 29.2 Å². The number of nitrogens with zero attached hydrogens (tertiary/aromatic N) is 1. The van der Waals surface area contributed by atoms with E-state index in [-0.39, 0.29) is 12.0 Å². The van der Waals surface area contributed by atoms with Crippen molar-refractivity contribution in [3.05, 3.63) is 40.9 Å². The first-order chi connectivity index (χ1) is 8.65. The van der Waals surface area contributed by atoms with Crippen molar-refractivity contribution in [2.24, 2.45) is 0 Å². The van der Waals surface area contributed by atoms with Gasteiger partial charge in [-0.25, -0.2) is 0 Å². The Morgan fingerprint density at radius 2 is 2.22 bits per heavy atom. The number of piperidine rings is 1. The molecule has 0 aromatic heterocycles. The van der Waals surface area contributed by atoms with Gasteiger partial charge in [-0.05, 0) is 30.5 Å². The van der Waals surface area contributed by atoms with E-state index in [0.29, 0.717) is 31.0 Å². The van der Waals surface area contributed by atoms with Gasteiger partial charge in [-0.2, -0.15) is 0 Å². The molecule has 0 bridgehead atoms. The second-order valence-electron chi connectivity index (χ2n) is 4.36. The standard InChI is InChI=1S/C14H15ClNO2/c15-12-3-1-2-11(10-12)4-5-14(18)16-8-6-13(17)7-9-16/h1-2,4-5,10,13,17H,6-9H2/b5-4+. The first-order valence-electron chi connectivity index (χ1n) is 5.97. The zero-order valence-corrected chi connectivity index (χ0v) is 10.7. The maximum absolute atomic E-state index is 11.9. The van der Waals surface area contributed by atoms with Crippen molar-refractivity contribution < 1.29 is 9.90 Å². The summed E-state index contributed by atoms with van der Waals surface area (Å²) in [6.07, 6.45) is 4.34. The van der Waals surface area contributed by atoms with Crippen LogP contribution in [0.4, 0.5) is 0 Å². The SMILES string of the molecule is O=C(/C=C/c1cc[c]c(Cl)c1)N1CCC(O)CC1. The number of benzene rings is 1. The molecule has 95 valence electrons. The van der Waals surface area contributed by atoms with Crippen molar-refractivity contribution in [3.63, 3.8) is 0 Å². The number of halogens is 1. The summed E-state index contributed by atoms with van der Waals surface area (Å²) >= 11 is 5.81. The lowest BCUT2D eigenvalue weighted by Gasteiger charge is -2.28. The average molecular weight is 265 g/mol. The third kappa shape index (κ3) is 3.59. The van der Waals surface area contributed by atoms with E-state index in [1.165, 1.54) is 0 Å². The molecule has 0 saturated carbocycles. The molecule has 0 aliphatic carbocycles. The zero-order valence-electron chi connectivity index (χ0n) is 9.97. The van der Waals surface area contributed by atoms with Gasteiger partial charge in [0.2, 0.25) is 5.91 Å². The van der Waals surface area contributed by atoms with Crippen LogP contribution in [0.15, 0.2) is 24.3 Å². The third-order valence-electron chi connectivity index (χ3n) is 2.98. The van der Waals surface area contributed by atoms with Crippen molar-refractivity contribution >= 4 is 23.6 Å². The molecule has 0 spiro atoms. The molecule has 1 fully saturated rings. The minimum absolute atomic E-state index is 0.0224. The van der Waals surface area contributed by atoms with E-state index in [9.17, 15) is 9.90 Å². The Balaban J connectivity index is 1.94. The Morgan fingerprint density at radius 1 is 1.50 bits per heavy atom. The van der Waals surface area contributed by atoms with Gasteiger partial charge >= 0.3 is 0 Å². The molecule has 0 atom stereocenters. The van der Waals surface area contributed by atoms with Crippen molar-refractivity contribution in [2.75, 3.05) is 13.1 Å². The predicted octanol–water partition coefficient (Wildman–Crippen LogP) is 2.14. The molecule has 18 heavy (non-hydrogen) atoms. The monoisotopic (exact) mass is 264 g/mol. The molecular formula is C14H15ClNO2. The summed E-state index contributed by atoms with van der Waals surface area (Å²) in [6.45, 7) is 1.24. The molecule has 1 radical (unpaired) electrons. The Bertz CT molecular complexity index is 451. The summed E-state index contributed by atoms with van der Waals surface area (Å²) in [7, 11) is 0. The summed E-state index contributed by atoms with van der Waals surface area (Å²) in [5.74, 6) is -0.0224.